The van der Waals surface area contributed by atoms with Crippen LogP contribution in [-0.4, -0.2) is 17.1 Å². The van der Waals surface area contributed by atoms with Gasteiger partial charge in [-0.3, -0.25) is 0 Å². The molecule has 0 saturated carbocycles. The van der Waals surface area contributed by atoms with Gasteiger partial charge in [0.2, 0.25) is 0 Å². The summed E-state index contributed by atoms with van der Waals surface area (Å²) >= 11 is 0. The van der Waals surface area contributed by atoms with E-state index in [1.807, 2.05) is 0 Å². The van der Waals surface area contributed by atoms with Gasteiger partial charge < -0.3 is 9.90 Å². The second-order valence-corrected chi connectivity index (χ2v) is 1.70. The van der Waals surface area contributed by atoms with Crippen LogP contribution in [0.4, 0.5) is 0 Å². The first kappa shape index (κ1) is 9.62. The van der Waals surface area contributed by atoms with Gasteiger partial charge in [0.25, 0.3) is 6.34 Å². The predicted molar refractivity (Wildman–Crippen MR) is 32.7 cm³/mol. The van der Waals surface area contributed by atoms with Gasteiger partial charge in [-0.25, -0.2) is 0 Å². The molecule has 1 heterocycles. The van der Waals surface area contributed by atoms with Gasteiger partial charge in [0.15, 0.2) is 0 Å². The molecule has 0 bridgehead atoms. The summed E-state index contributed by atoms with van der Waals surface area (Å²) in [5.74, 6) is 9.08. The van der Waals surface area contributed by atoms with Gasteiger partial charge in [-0.05, 0) is 6.92 Å². The maximum absolute atomic E-state index is 8.89. The zero-order chi connectivity index (χ0) is 8.91. The summed E-state index contributed by atoms with van der Waals surface area (Å²) in [5.41, 5.74) is 0. The molecule has 0 saturated heterocycles. The second kappa shape index (κ2) is 3.71. The Morgan fingerprint density at radius 1 is 1.64 bits per heavy atom. The number of nitrogens with two attached hydrogens (primary N) is 2. The fourth-order valence-corrected chi connectivity index (χ4v) is 0.221. The highest BCUT2D eigenvalue weighted by atomic mass is 16.4. The Morgan fingerprint density at radius 3 is 2.18 bits per heavy atom. The Hall–Kier alpha value is -1.38. The van der Waals surface area contributed by atoms with Crippen molar-refractivity contribution in [3.8, 4) is 0 Å². The molecule has 62 valence electrons. The summed E-state index contributed by atoms with van der Waals surface area (Å²) in [6.45, 7) is 0.972. The van der Waals surface area contributed by atoms with Gasteiger partial charge in [-0.2, -0.15) is 0 Å². The third-order valence-corrected chi connectivity index (χ3v) is 0.483. The lowest BCUT2D eigenvalue weighted by molar-refractivity contribution is -0.867. The van der Waals surface area contributed by atoms with Crippen LogP contribution in [0, 0.1) is 0 Å². The predicted octanol–water partition coefficient (Wildman–Crippen LogP) is -2.37. The van der Waals surface area contributed by atoms with Gasteiger partial charge in [-0.1, -0.05) is 5.10 Å². The molecule has 1 aliphatic rings. The van der Waals surface area contributed by atoms with E-state index in [4.69, 9.17) is 21.6 Å². The molecule has 1 aliphatic heterocycles. The van der Waals surface area contributed by atoms with E-state index in [0.29, 0.717) is 0 Å². The molecule has 0 atom stereocenters. The van der Waals surface area contributed by atoms with E-state index in [2.05, 4.69) is 15.5 Å². The van der Waals surface area contributed by atoms with Crippen molar-refractivity contribution in [2.24, 2.45) is 27.2 Å². The van der Waals surface area contributed by atoms with Crippen LogP contribution < -0.4 is 16.8 Å². The minimum absolute atomic E-state index is 0.583. The highest BCUT2D eigenvalue weighted by molar-refractivity contribution is 5.60. The average molecular weight is 160 g/mol. The largest absolute Gasteiger partial charge is 0.550 e. The summed E-state index contributed by atoms with van der Waals surface area (Å²) in [7, 11) is 0. The van der Waals surface area contributed by atoms with Crippen LogP contribution in [0.15, 0.2) is 15.5 Å². The molecule has 1 rings (SSSR count). The lowest BCUT2D eigenvalue weighted by Crippen LogP contribution is -2.53. The summed E-state index contributed by atoms with van der Waals surface area (Å²) < 4.78 is 0. The highest BCUT2D eigenvalue weighted by Crippen LogP contribution is 1.93. The van der Waals surface area contributed by atoms with Crippen molar-refractivity contribution in [3.63, 3.8) is 0 Å². The number of nitrogens with zero attached hydrogens (tertiary/aromatic N) is 4. The van der Waals surface area contributed by atoms with E-state index in [1.165, 1.54) is 6.34 Å². The van der Waals surface area contributed by atoms with Crippen molar-refractivity contribution in [2.45, 2.75) is 6.92 Å². The number of hydrogen-bond acceptors (Lipinski definition) is 7. The third-order valence-electron chi connectivity index (χ3n) is 0.483. The molecule has 0 radical (unpaired) electrons. The van der Waals surface area contributed by atoms with E-state index >= 15 is 0 Å². The van der Waals surface area contributed by atoms with Crippen molar-refractivity contribution in [1.29, 1.82) is 0 Å². The van der Waals surface area contributed by atoms with Crippen molar-refractivity contribution < 1.29 is 14.7 Å². The third kappa shape index (κ3) is 6.51. The maximum atomic E-state index is 8.89. The standard InChI is InChI=1S/C2H4O2.CH5N6/c1-2(3)4;2-7(3)1-4-5-6-7/h1H3,(H,3,4);1H,2-3H2/q;+1/p-1. The minimum atomic E-state index is -1.08. The van der Waals surface area contributed by atoms with E-state index in [1.54, 1.807) is 0 Å². The van der Waals surface area contributed by atoms with Gasteiger partial charge in [0.05, 0.1) is 5.22 Å². The lowest BCUT2D eigenvalue weighted by Gasteiger charge is -2.02. The van der Waals surface area contributed by atoms with Crippen molar-refractivity contribution in [3.05, 3.63) is 0 Å². The average Bonchev–Trinajstić information content (AvgIpc) is 2.11. The Labute approximate surface area is 62.3 Å². The molecule has 8 heteroatoms. The molecular formula is C3H8N6O2. The smallest absolute Gasteiger partial charge is 0.279 e. The minimum Gasteiger partial charge on any atom is -0.550 e. The molecule has 0 spiro atoms. The van der Waals surface area contributed by atoms with Crippen molar-refractivity contribution in [2.75, 3.05) is 0 Å². The Balaban J connectivity index is 0.000000218. The first-order chi connectivity index (χ1) is 4.94. The summed E-state index contributed by atoms with van der Waals surface area (Å²) in [6.07, 6.45) is 1.21. The number of carbonyl (C=O) groups is 1. The maximum Gasteiger partial charge on any atom is 0.279 e. The molecule has 0 amide bonds. The number of carboxylic acid groups (broad SMARTS) is 1. The first-order valence-electron chi connectivity index (χ1n) is 2.54. The van der Waals surface area contributed by atoms with Crippen LogP contribution in [0.5, 0.6) is 0 Å². The number of aliphatic carboxylic acids is 1. The Kier molecular flexibility index (Phi) is 3.24. The monoisotopic (exact) mass is 160 g/mol. The van der Waals surface area contributed by atoms with Crippen LogP contribution in [0.25, 0.3) is 0 Å². The quantitative estimate of drug-likeness (QED) is 0.303. The number of rotatable bonds is 0. The number of carbonyl (C=O) groups excluding carboxylic acids is 1. The van der Waals surface area contributed by atoms with E-state index in [-0.39, 0.29) is 0 Å². The molecule has 11 heavy (non-hydrogen) atoms. The lowest BCUT2D eigenvalue weighted by atomic mass is 10.9. The molecule has 4 N–H and O–H groups in total. The summed E-state index contributed by atoms with van der Waals surface area (Å²) in [4.78, 5) is 8.31. The molecule has 0 aromatic heterocycles. The zero-order valence-electron chi connectivity index (χ0n) is 5.84. The fourth-order valence-electron chi connectivity index (χ4n) is 0.221. The number of carboxylic acids is 1. The molecule has 0 aromatic carbocycles. The molecule has 0 unspecified atom stereocenters. The van der Waals surface area contributed by atoms with Gasteiger partial charge >= 0.3 is 0 Å². The highest BCUT2D eigenvalue weighted by Gasteiger charge is 2.17. The van der Waals surface area contributed by atoms with Crippen LogP contribution in [-0.2, 0) is 4.79 Å². The normalized spacial score (nSPS) is 17.4. The van der Waals surface area contributed by atoms with E-state index in [0.717, 1.165) is 6.92 Å². The van der Waals surface area contributed by atoms with Gasteiger partial charge in [0, 0.05) is 16.0 Å². The topological polar surface area (TPSA) is 129 Å². The summed E-state index contributed by atoms with van der Waals surface area (Å²) in [5, 5.41) is 18.6. The van der Waals surface area contributed by atoms with Crippen molar-refractivity contribution >= 4 is 12.3 Å². The molecule has 0 aromatic rings. The Bertz CT molecular complexity index is 178. The number of hydrogen-bond donors (Lipinski definition) is 2. The molecular weight excluding hydrogens is 152 g/mol. The molecule has 8 nitrogen and oxygen atoms in total. The molecule has 0 fully saturated rings. The van der Waals surface area contributed by atoms with Gasteiger partial charge in [0.1, 0.15) is 0 Å². The van der Waals surface area contributed by atoms with Crippen LogP contribution in [0.3, 0.4) is 0 Å². The van der Waals surface area contributed by atoms with Crippen molar-refractivity contribution in [1.82, 2.24) is 0 Å². The summed E-state index contributed by atoms with van der Waals surface area (Å²) in [6, 6.07) is 0. The SMILES string of the molecule is CC(=O)[O-].N[N+]1(N)C=NN=N1. The van der Waals surface area contributed by atoms with E-state index < -0.39 is 10.8 Å². The first-order valence-corrected chi connectivity index (χ1v) is 2.54. The second-order valence-electron chi connectivity index (χ2n) is 1.70. The van der Waals surface area contributed by atoms with Crippen LogP contribution in [0.2, 0.25) is 0 Å². The Morgan fingerprint density at radius 2 is 2.09 bits per heavy atom. The van der Waals surface area contributed by atoms with Gasteiger partial charge in [-0.15, -0.1) is 11.7 Å². The zero-order valence-corrected chi connectivity index (χ0v) is 5.84. The molecule has 0 aliphatic carbocycles. The van der Waals surface area contributed by atoms with E-state index in [9.17, 15) is 0 Å². The van der Waals surface area contributed by atoms with Crippen LogP contribution >= 0.6 is 0 Å². The van der Waals surface area contributed by atoms with Crippen LogP contribution in [0.1, 0.15) is 6.92 Å². The fraction of sp³-hybridized carbons (Fsp3) is 0.333. The number of quaternary nitrogens is 1.